The molecule has 0 aliphatic carbocycles. The van der Waals surface area contributed by atoms with Crippen LogP contribution in [0.15, 0.2) is 48.5 Å². The third kappa shape index (κ3) is 4.91. The van der Waals surface area contributed by atoms with Gasteiger partial charge >= 0.3 is 11.8 Å². The number of nitrogens with one attached hydrogen (secondary N) is 2. The molecule has 4 N–H and O–H groups in total. The lowest BCUT2D eigenvalue weighted by molar-refractivity contribution is -0.138. The Balaban J connectivity index is 1.79. The molecule has 6 nitrogen and oxygen atoms in total. The summed E-state index contributed by atoms with van der Waals surface area (Å²) in [5.41, 5.74) is 7.02. The van der Waals surface area contributed by atoms with Gasteiger partial charge in [0.05, 0.1) is 0 Å². The Kier molecular flexibility index (Phi) is 5.62. The maximum Gasteiger partial charge on any atom is 0.316 e. The van der Waals surface area contributed by atoms with Crippen molar-refractivity contribution in [1.82, 2.24) is 10.6 Å². The SMILES string of the molecule is Nc1ccc(C(=O)NC(=O)C(=O)NCCc2ccc(F)cc2)cc1. The van der Waals surface area contributed by atoms with Gasteiger partial charge in [0.15, 0.2) is 0 Å². The highest BCUT2D eigenvalue weighted by Crippen LogP contribution is 2.05. The van der Waals surface area contributed by atoms with Crippen LogP contribution in [0, 0.1) is 5.82 Å². The lowest BCUT2D eigenvalue weighted by Gasteiger charge is -2.06. The smallest absolute Gasteiger partial charge is 0.316 e. The lowest BCUT2D eigenvalue weighted by atomic mass is 10.1. The number of nitrogens with two attached hydrogens (primary N) is 1. The molecule has 0 aromatic heterocycles. The molecule has 0 spiro atoms. The fourth-order valence-electron chi connectivity index (χ4n) is 1.92. The van der Waals surface area contributed by atoms with Crippen molar-refractivity contribution in [3.05, 3.63) is 65.5 Å². The van der Waals surface area contributed by atoms with E-state index in [-0.39, 0.29) is 17.9 Å². The van der Waals surface area contributed by atoms with Crippen molar-refractivity contribution in [2.75, 3.05) is 12.3 Å². The summed E-state index contributed by atoms with van der Waals surface area (Å²) in [6, 6.07) is 11.7. The van der Waals surface area contributed by atoms with Crippen LogP contribution in [0.4, 0.5) is 10.1 Å². The van der Waals surface area contributed by atoms with Crippen molar-refractivity contribution in [1.29, 1.82) is 0 Å². The van der Waals surface area contributed by atoms with Crippen molar-refractivity contribution in [3.8, 4) is 0 Å². The van der Waals surface area contributed by atoms with E-state index in [1.165, 1.54) is 36.4 Å². The average Bonchev–Trinajstić information content (AvgIpc) is 2.57. The molecule has 2 rings (SSSR count). The Morgan fingerprint density at radius 1 is 0.917 bits per heavy atom. The Morgan fingerprint density at radius 2 is 1.54 bits per heavy atom. The highest BCUT2D eigenvalue weighted by atomic mass is 19.1. The topological polar surface area (TPSA) is 101 Å². The van der Waals surface area contributed by atoms with Gasteiger partial charge in [-0.2, -0.15) is 0 Å². The van der Waals surface area contributed by atoms with Gasteiger partial charge in [0.2, 0.25) is 0 Å². The summed E-state index contributed by atoms with van der Waals surface area (Å²) in [4.78, 5) is 35.1. The number of imide groups is 1. The van der Waals surface area contributed by atoms with Gasteiger partial charge < -0.3 is 11.1 Å². The van der Waals surface area contributed by atoms with E-state index in [2.05, 4.69) is 5.32 Å². The summed E-state index contributed by atoms with van der Waals surface area (Å²) in [5, 5.41) is 4.39. The number of hydrogen-bond donors (Lipinski definition) is 3. The van der Waals surface area contributed by atoms with Gasteiger partial charge in [-0.05, 0) is 48.4 Å². The Hall–Kier alpha value is -3.22. The standard InChI is InChI=1S/C17H16FN3O3/c18-13-5-1-11(2-6-13)9-10-20-16(23)17(24)21-15(22)12-3-7-14(19)8-4-12/h1-8H,9-10,19H2,(H,20,23)(H,21,22,24). The highest BCUT2D eigenvalue weighted by Gasteiger charge is 2.17. The van der Waals surface area contributed by atoms with E-state index in [1.54, 1.807) is 12.1 Å². The number of carbonyl (C=O) groups excluding carboxylic acids is 3. The number of amides is 3. The van der Waals surface area contributed by atoms with Crippen molar-refractivity contribution in [3.63, 3.8) is 0 Å². The largest absolute Gasteiger partial charge is 0.399 e. The molecule has 3 amide bonds. The van der Waals surface area contributed by atoms with Crippen LogP contribution in [-0.2, 0) is 16.0 Å². The molecule has 0 bridgehead atoms. The summed E-state index contributed by atoms with van der Waals surface area (Å²) < 4.78 is 12.8. The first-order chi connectivity index (χ1) is 11.5. The van der Waals surface area contributed by atoms with Gasteiger partial charge in [-0.15, -0.1) is 0 Å². The normalized spacial score (nSPS) is 10.0. The monoisotopic (exact) mass is 329 g/mol. The Morgan fingerprint density at radius 3 is 2.17 bits per heavy atom. The molecule has 124 valence electrons. The summed E-state index contributed by atoms with van der Waals surface area (Å²) in [6.45, 7) is 0.188. The van der Waals surface area contributed by atoms with Gasteiger partial charge in [0.25, 0.3) is 5.91 Å². The maximum absolute atomic E-state index is 12.8. The molecule has 7 heteroatoms. The van der Waals surface area contributed by atoms with Gasteiger partial charge in [0.1, 0.15) is 5.82 Å². The molecule has 0 aliphatic rings. The van der Waals surface area contributed by atoms with Crippen LogP contribution in [0.1, 0.15) is 15.9 Å². The van der Waals surface area contributed by atoms with Crippen LogP contribution in [0.25, 0.3) is 0 Å². The molecule has 24 heavy (non-hydrogen) atoms. The Bertz CT molecular complexity index is 743. The highest BCUT2D eigenvalue weighted by molar-refractivity contribution is 6.38. The van der Waals surface area contributed by atoms with Crippen LogP contribution in [-0.4, -0.2) is 24.3 Å². The summed E-state index contributed by atoms with van der Waals surface area (Å²) in [5.74, 6) is -2.99. The molecule has 0 saturated carbocycles. The predicted molar refractivity (Wildman–Crippen MR) is 86.4 cm³/mol. The number of carbonyl (C=O) groups is 3. The number of rotatable bonds is 4. The molecule has 0 saturated heterocycles. The third-order valence-electron chi connectivity index (χ3n) is 3.22. The zero-order chi connectivity index (χ0) is 17.5. The molecule has 0 heterocycles. The zero-order valence-corrected chi connectivity index (χ0v) is 12.7. The average molecular weight is 329 g/mol. The molecule has 0 fully saturated rings. The first-order valence-electron chi connectivity index (χ1n) is 7.19. The molecular weight excluding hydrogens is 313 g/mol. The molecule has 0 unspecified atom stereocenters. The lowest BCUT2D eigenvalue weighted by Crippen LogP contribution is -2.43. The number of anilines is 1. The van der Waals surface area contributed by atoms with Gasteiger partial charge in [-0.1, -0.05) is 12.1 Å². The van der Waals surface area contributed by atoms with Crippen LogP contribution in [0.3, 0.4) is 0 Å². The molecule has 2 aromatic carbocycles. The van der Waals surface area contributed by atoms with Gasteiger partial charge in [-0.3, -0.25) is 19.7 Å². The van der Waals surface area contributed by atoms with Crippen molar-refractivity contribution < 1.29 is 18.8 Å². The minimum absolute atomic E-state index is 0.188. The molecule has 0 atom stereocenters. The van der Waals surface area contributed by atoms with Crippen molar-refractivity contribution in [2.45, 2.75) is 6.42 Å². The first-order valence-corrected chi connectivity index (χ1v) is 7.19. The second-order valence-corrected chi connectivity index (χ2v) is 5.04. The zero-order valence-electron chi connectivity index (χ0n) is 12.7. The maximum atomic E-state index is 12.8. The first kappa shape index (κ1) is 17.1. The number of hydrogen-bond acceptors (Lipinski definition) is 4. The van der Waals surface area contributed by atoms with E-state index in [4.69, 9.17) is 5.73 Å². The number of nitrogen functional groups attached to an aromatic ring is 1. The molecular formula is C17H16FN3O3. The number of halogens is 1. The summed E-state index contributed by atoms with van der Waals surface area (Å²) in [7, 11) is 0. The fourth-order valence-corrected chi connectivity index (χ4v) is 1.92. The minimum atomic E-state index is -1.05. The molecule has 2 aromatic rings. The van der Waals surface area contributed by atoms with Gasteiger partial charge in [-0.25, -0.2) is 4.39 Å². The van der Waals surface area contributed by atoms with E-state index in [9.17, 15) is 18.8 Å². The second kappa shape index (κ2) is 7.87. The van der Waals surface area contributed by atoms with Crippen LogP contribution in [0.5, 0.6) is 0 Å². The second-order valence-electron chi connectivity index (χ2n) is 5.04. The summed E-state index contributed by atoms with van der Waals surface area (Å²) >= 11 is 0. The molecule has 0 radical (unpaired) electrons. The third-order valence-corrected chi connectivity index (χ3v) is 3.22. The quantitative estimate of drug-likeness (QED) is 0.576. The Labute approximate surface area is 137 Å². The summed E-state index contributed by atoms with van der Waals surface area (Å²) in [6.07, 6.45) is 0.436. The van der Waals surface area contributed by atoms with E-state index < -0.39 is 17.7 Å². The number of benzene rings is 2. The molecule has 0 aliphatic heterocycles. The van der Waals surface area contributed by atoms with E-state index in [0.29, 0.717) is 12.1 Å². The predicted octanol–water partition coefficient (Wildman–Crippen LogP) is 1.02. The van der Waals surface area contributed by atoms with Crippen molar-refractivity contribution in [2.24, 2.45) is 0 Å². The fraction of sp³-hybridized carbons (Fsp3) is 0.118. The van der Waals surface area contributed by atoms with Crippen LogP contribution < -0.4 is 16.4 Å². The van der Waals surface area contributed by atoms with E-state index >= 15 is 0 Å². The van der Waals surface area contributed by atoms with E-state index in [0.717, 1.165) is 5.56 Å². The van der Waals surface area contributed by atoms with Crippen LogP contribution in [0.2, 0.25) is 0 Å². The van der Waals surface area contributed by atoms with Crippen molar-refractivity contribution >= 4 is 23.4 Å². The minimum Gasteiger partial charge on any atom is -0.399 e. The van der Waals surface area contributed by atoms with Crippen LogP contribution >= 0.6 is 0 Å². The van der Waals surface area contributed by atoms with E-state index in [1.807, 2.05) is 5.32 Å². The van der Waals surface area contributed by atoms with Gasteiger partial charge in [0, 0.05) is 17.8 Å².